The van der Waals surface area contributed by atoms with Crippen LogP contribution in [0, 0.1) is 23.6 Å². The summed E-state index contributed by atoms with van der Waals surface area (Å²) in [5.74, 6) is 3.10. The minimum atomic E-state index is -0.851. The molecule has 1 saturated carbocycles. The van der Waals surface area contributed by atoms with Crippen LogP contribution in [0.3, 0.4) is 0 Å². The Labute approximate surface area is 218 Å². The van der Waals surface area contributed by atoms with Crippen LogP contribution in [0.5, 0.6) is 5.75 Å². The van der Waals surface area contributed by atoms with Crippen LogP contribution in [0.25, 0.3) is 0 Å². The number of carbonyl (C=O) groups is 1. The molecule has 0 bridgehead atoms. The standard InChI is InChI=1S/C28H39FN4O4/c1-18(2)26-30-27(37-31-26)32-10-6-19(7-11-32)23-14-20(23)8-13-36-22-5-4-21(24(29)16-22)15-25(34)33-12-9-28(3,35)17-33/h4-5,16,18-20,23,35H,6-15,17H2,1-3H3/t20-,23-,28?/m1/s1. The minimum absolute atomic E-state index is 0.00382. The van der Waals surface area contributed by atoms with Gasteiger partial charge in [-0.05, 0) is 68.4 Å². The van der Waals surface area contributed by atoms with Crippen LogP contribution in [-0.2, 0) is 11.2 Å². The molecule has 3 fully saturated rings. The summed E-state index contributed by atoms with van der Waals surface area (Å²) in [5.41, 5.74) is -0.491. The van der Waals surface area contributed by atoms with Crippen LogP contribution < -0.4 is 9.64 Å². The zero-order chi connectivity index (χ0) is 26.2. The first-order valence-corrected chi connectivity index (χ1v) is 13.7. The maximum absolute atomic E-state index is 14.6. The molecule has 0 radical (unpaired) electrons. The van der Waals surface area contributed by atoms with E-state index in [2.05, 4.69) is 28.9 Å². The van der Waals surface area contributed by atoms with Gasteiger partial charge < -0.3 is 24.2 Å². The van der Waals surface area contributed by atoms with Gasteiger partial charge in [0.05, 0.1) is 18.6 Å². The second-order valence-electron chi connectivity index (χ2n) is 11.7. The highest BCUT2D eigenvalue weighted by molar-refractivity contribution is 5.79. The van der Waals surface area contributed by atoms with Crippen molar-refractivity contribution in [2.75, 3.05) is 37.7 Å². The van der Waals surface area contributed by atoms with Crippen molar-refractivity contribution in [1.29, 1.82) is 0 Å². The smallest absolute Gasteiger partial charge is 0.324 e. The van der Waals surface area contributed by atoms with E-state index >= 15 is 0 Å². The molecule has 2 aliphatic heterocycles. The number of aliphatic hydroxyl groups is 1. The Balaban J connectivity index is 1.02. The van der Waals surface area contributed by atoms with Crippen molar-refractivity contribution < 1.29 is 23.6 Å². The number of hydrogen-bond acceptors (Lipinski definition) is 7. The summed E-state index contributed by atoms with van der Waals surface area (Å²) in [6, 6.07) is 5.41. The van der Waals surface area contributed by atoms with E-state index in [9.17, 15) is 14.3 Å². The molecule has 2 saturated heterocycles. The number of aromatic nitrogens is 2. The van der Waals surface area contributed by atoms with Gasteiger partial charge in [0.15, 0.2) is 5.82 Å². The number of ether oxygens (including phenoxy) is 1. The summed E-state index contributed by atoms with van der Waals surface area (Å²) < 4.78 is 25.9. The average Bonchev–Trinajstić information content (AvgIpc) is 3.27. The number of nitrogens with zero attached hydrogens (tertiary/aromatic N) is 4. The highest BCUT2D eigenvalue weighted by atomic mass is 19.1. The molecule has 1 amide bonds. The van der Waals surface area contributed by atoms with Crippen molar-refractivity contribution in [3.05, 3.63) is 35.4 Å². The first-order valence-electron chi connectivity index (χ1n) is 13.7. The lowest BCUT2D eigenvalue weighted by Gasteiger charge is -2.30. The van der Waals surface area contributed by atoms with Crippen LogP contribution in [0.2, 0.25) is 0 Å². The predicted octanol–water partition coefficient (Wildman–Crippen LogP) is 4.18. The maximum atomic E-state index is 14.6. The van der Waals surface area contributed by atoms with E-state index < -0.39 is 11.4 Å². The topological polar surface area (TPSA) is 91.9 Å². The second kappa shape index (κ2) is 10.6. The predicted molar refractivity (Wildman–Crippen MR) is 137 cm³/mol. The van der Waals surface area contributed by atoms with E-state index in [0.717, 1.165) is 50.0 Å². The largest absolute Gasteiger partial charge is 0.493 e. The van der Waals surface area contributed by atoms with Gasteiger partial charge in [-0.2, -0.15) is 4.98 Å². The number of rotatable bonds is 9. The summed E-state index contributed by atoms with van der Waals surface area (Å²) in [7, 11) is 0. The van der Waals surface area contributed by atoms with Crippen molar-refractivity contribution in [2.45, 2.75) is 70.8 Å². The highest BCUT2D eigenvalue weighted by Gasteiger charge is 2.43. The van der Waals surface area contributed by atoms with Gasteiger partial charge in [0, 0.05) is 38.2 Å². The normalized spacial score (nSPS) is 26.2. The number of halogens is 1. The van der Waals surface area contributed by atoms with E-state index in [0.29, 0.717) is 49.4 Å². The number of amides is 1. The molecular formula is C28H39FN4O4. The van der Waals surface area contributed by atoms with E-state index in [1.54, 1.807) is 24.0 Å². The zero-order valence-corrected chi connectivity index (χ0v) is 22.2. The molecule has 8 nitrogen and oxygen atoms in total. The fourth-order valence-electron chi connectivity index (χ4n) is 5.81. The monoisotopic (exact) mass is 514 g/mol. The number of likely N-dealkylation sites (tertiary alicyclic amines) is 1. The molecule has 1 aromatic carbocycles. The average molecular weight is 515 g/mol. The Bertz CT molecular complexity index is 1100. The Morgan fingerprint density at radius 1 is 1.30 bits per heavy atom. The first-order chi connectivity index (χ1) is 17.7. The number of carbonyl (C=O) groups excluding carboxylic acids is 1. The number of β-amino-alcohol motifs (C(OH)–C–C–N with tert-alkyl or cyclic N) is 1. The Morgan fingerprint density at radius 2 is 2.08 bits per heavy atom. The molecular weight excluding hydrogens is 475 g/mol. The van der Waals surface area contributed by atoms with Gasteiger partial charge in [-0.15, -0.1) is 0 Å². The first kappa shape index (κ1) is 25.9. The number of anilines is 1. The lowest BCUT2D eigenvalue weighted by Crippen LogP contribution is -2.34. The van der Waals surface area contributed by atoms with Gasteiger partial charge in [0.1, 0.15) is 11.6 Å². The Morgan fingerprint density at radius 3 is 2.73 bits per heavy atom. The van der Waals surface area contributed by atoms with Gasteiger partial charge in [0.2, 0.25) is 5.91 Å². The molecule has 5 rings (SSSR count). The van der Waals surface area contributed by atoms with E-state index in [1.165, 1.54) is 12.5 Å². The van der Waals surface area contributed by atoms with Crippen molar-refractivity contribution in [2.24, 2.45) is 17.8 Å². The van der Waals surface area contributed by atoms with Gasteiger partial charge in [-0.1, -0.05) is 25.1 Å². The Kier molecular flexibility index (Phi) is 7.43. The van der Waals surface area contributed by atoms with Gasteiger partial charge >= 0.3 is 6.01 Å². The van der Waals surface area contributed by atoms with Crippen molar-refractivity contribution in [1.82, 2.24) is 15.0 Å². The second-order valence-corrected chi connectivity index (χ2v) is 11.7. The van der Waals surface area contributed by atoms with Crippen molar-refractivity contribution in [3.63, 3.8) is 0 Å². The summed E-state index contributed by atoms with van der Waals surface area (Å²) in [6.07, 6.45) is 5.04. The van der Waals surface area contributed by atoms with E-state index in [-0.39, 0.29) is 18.2 Å². The van der Waals surface area contributed by atoms with E-state index in [4.69, 9.17) is 9.26 Å². The minimum Gasteiger partial charge on any atom is -0.493 e. The van der Waals surface area contributed by atoms with Gasteiger partial charge in [-0.25, -0.2) is 4.39 Å². The third-order valence-electron chi connectivity index (χ3n) is 8.27. The molecule has 2 aromatic rings. The quantitative estimate of drug-likeness (QED) is 0.537. The molecule has 3 aliphatic rings. The molecule has 3 atom stereocenters. The third kappa shape index (κ3) is 6.25. The van der Waals surface area contributed by atoms with Crippen LogP contribution in [-0.4, -0.2) is 64.4 Å². The lowest BCUT2D eigenvalue weighted by molar-refractivity contribution is -0.130. The molecule has 37 heavy (non-hydrogen) atoms. The molecule has 1 unspecified atom stereocenters. The molecule has 0 spiro atoms. The molecule has 1 aromatic heterocycles. The van der Waals surface area contributed by atoms with Crippen molar-refractivity contribution in [3.8, 4) is 5.75 Å². The summed E-state index contributed by atoms with van der Waals surface area (Å²) >= 11 is 0. The van der Waals surface area contributed by atoms with Crippen LogP contribution in [0.4, 0.5) is 10.4 Å². The maximum Gasteiger partial charge on any atom is 0.324 e. The van der Waals surface area contributed by atoms with Crippen molar-refractivity contribution >= 4 is 11.9 Å². The summed E-state index contributed by atoms with van der Waals surface area (Å²) in [6.45, 7) is 9.14. The number of piperidine rings is 1. The molecule has 1 aliphatic carbocycles. The lowest BCUT2D eigenvalue weighted by atomic mass is 9.90. The van der Waals surface area contributed by atoms with Crippen LogP contribution in [0.1, 0.15) is 70.2 Å². The fourth-order valence-corrected chi connectivity index (χ4v) is 5.81. The zero-order valence-electron chi connectivity index (χ0n) is 22.2. The summed E-state index contributed by atoms with van der Waals surface area (Å²) in [5, 5.41) is 14.1. The molecule has 202 valence electrons. The molecule has 3 heterocycles. The highest BCUT2D eigenvalue weighted by Crippen LogP contribution is 2.50. The number of hydrogen-bond donors (Lipinski definition) is 1. The van der Waals surface area contributed by atoms with Crippen LogP contribution in [0.15, 0.2) is 22.7 Å². The SMILES string of the molecule is CC(C)c1noc(N2CCC([C@H]3C[C@H]3CCOc3ccc(CC(=O)N4CCC(C)(O)C4)c(F)c3)CC2)n1. The van der Waals surface area contributed by atoms with Gasteiger partial charge in [-0.3, -0.25) is 4.79 Å². The third-order valence-corrected chi connectivity index (χ3v) is 8.27. The number of benzene rings is 1. The van der Waals surface area contributed by atoms with E-state index in [1.807, 2.05) is 0 Å². The summed E-state index contributed by atoms with van der Waals surface area (Å²) in [4.78, 5) is 20.8. The van der Waals surface area contributed by atoms with Crippen LogP contribution >= 0.6 is 0 Å². The molecule has 9 heteroatoms. The Hall–Kier alpha value is -2.68. The van der Waals surface area contributed by atoms with Gasteiger partial charge in [0.25, 0.3) is 0 Å². The fraction of sp³-hybridized carbons (Fsp3) is 0.679. The molecule has 1 N–H and O–H groups in total.